The van der Waals surface area contributed by atoms with Gasteiger partial charge in [-0.05, 0) is 45.6 Å². The Kier molecular flexibility index (Phi) is 5.19. The van der Waals surface area contributed by atoms with Gasteiger partial charge in [0, 0.05) is 6.04 Å². The van der Waals surface area contributed by atoms with E-state index in [1.54, 1.807) is 0 Å². The van der Waals surface area contributed by atoms with Crippen LogP contribution in [-0.4, -0.2) is 23.3 Å². The quantitative estimate of drug-likeness (QED) is 0.828. The molecule has 1 atom stereocenters. The Hall–Kier alpha value is -1.10. The Balaban J connectivity index is 1.80. The van der Waals surface area contributed by atoms with Crippen LogP contribution in [0.3, 0.4) is 0 Å². The van der Waals surface area contributed by atoms with Crippen LogP contribution in [0.5, 0.6) is 0 Å². The van der Waals surface area contributed by atoms with Crippen molar-refractivity contribution in [2.45, 2.75) is 64.5 Å². The van der Waals surface area contributed by atoms with E-state index in [1.807, 2.05) is 14.0 Å². The molecule has 1 aromatic heterocycles. The number of aromatic nitrogens is 2. The predicted molar refractivity (Wildman–Crippen MR) is 76.0 cm³/mol. The average Bonchev–Trinajstić information content (AvgIpc) is 2.89. The van der Waals surface area contributed by atoms with E-state index in [1.165, 1.54) is 38.5 Å². The highest BCUT2D eigenvalue weighted by atomic mass is 16.4. The summed E-state index contributed by atoms with van der Waals surface area (Å²) in [5, 5.41) is 14.6. The molecule has 1 unspecified atom stereocenters. The van der Waals surface area contributed by atoms with Gasteiger partial charge in [-0.3, -0.25) is 0 Å². The fourth-order valence-electron chi connectivity index (χ4n) is 2.77. The Morgan fingerprint density at radius 2 is 2.00 bits per heavy atom. The minimum absolute atomic E-state index is 0.100. The normalized spacial score (nSPS) is 25.2. The lowest BCUT2D eigenvalue weighted by Crippen LogP contribution is -2.26. The number of hydrogen-bond acceptors (Lipinski definition) is 5. The molecule has 1 heterocycles. The SMILES string of the molecule is CCCC1CCC(Nc2nnc(C(C)NC)o2)CC1. The lowest BCUT2D eigenvalue weighted by Gasteiger charge is -2.28. The van der Waals surface area contributed by atoms with E-state index < -0.39 is 0 Å². The van der Waals surface area contributed by atoms with E-state index in [0.29, 0.717) is 17.9 Å². The number of nitrogens with zero attached hydrogens (tertiary/aromatic N) is 2. The summed E-state index contributed by atoms with van der Waals surface area (Å²) in [4.78, 5) is 0. The molecule has 2 rings (SSSR count). The lowest BCUT2D eigenvalue weighted by molar-refractivity contribution is 0.315. The predicted octanol–water partition coefficient (Wildman–Crippen LogP) is 3.12. The molecule has 0 bridgehead atoms. The molecule has 1 aliphatic rings. The molecule has 1 aliphatic carbocycles. The fourth-order valence-corrected chi connectivity index (χ4v) is 2.77. The smallest absolute Gasteiger partial charge is 0.315 e. The Labute approximate surface area is 115 Å². The number of anilines is 1. The molecule has 0 amide bonds. The highest BCUT2D eigenvalue weighted by Crippen LogP contribution is 2.29. The lowest BCUT2D eigenvalue weighted by atomic mass is 9.83. The summed E-state index contributed by atoms with van der Waals surface area (Å²) in [7, 11) is 1.89. The van der Waals surface area contributed by atoms with Gasteiger partial charge in [0.25, 0.3) is 0 Å². The van der Waals surface area contributed by atoms with E-state index >= 15 is 0 Å². The number of nitrogens with one attached hydrogen (secondary N) is 2. The van der Waals surface area contributed by atoms with Gasteiger partial charge < -0.3 is 15.1 Å². The molecule has 5 heteroatoms. The first-order chi connectivity index (χ1) is 9.22. The van der Waals surface area contributed by atoms with Gasteiger partial charge in [-0.1, -0.05) is 24.9 Å². The Bertz CT molecular complexity index is 371. The van der Waals surface area contributed by atoms with Crippen LogP contribution in [0.4, 0.5) is 6.01 Å². The van der Waals surface area contributed by atoms with Gasteiger partial charge in [-0.2, -0.15) is 0 Å². The molecular weight excluding hydrogens is 240 g/mol. The van der Waals surface area contributed by atoms with Crippen molar-refractivity contribution in [3.63, 3.8) is 0 Å². The standard InChI is InChI=1S/C14H26N4O/c1-4-5-11-6-8-12(9-7-11)16-14-18-17-13(19-14)10(2)15-3/h10-12,15H,4-9H2,1-3H3,(H,16,18). The first-order valence-corrected chi connectivity index (χ1v) is 7.50. The maximum Gasteiger partial charge on any atom is 0.315 e. The molecule has 0 aromatic carbocycles. The summed E-state index contributed by atoms with van der Waals surface area (Å²) in [6.07, 6.45) is 7.74. The van der Waals surface area contributed by atoms with Crippen LogP contribution in [0, 0.1) is 5.92 Å². The topological polar surface area (TPSA) is 63.0 Å². The van der Waals surface area contributed by atoms with E-state index in [4.69, 9.17) is 4.42 Å². The summed E-state index contributed by atoms with van der Waals surface area (Å²) in [6, 6.07) is 1.16. The molecular formula is C14H26N4O. The zero-order chi connectivity index (χ0) is 13.7. The van der Waals surface area contributed by atoms with Gasteiger partial charge in [0.1, 0.15) is 0 Å². The van der Waals surface area contributed by atoms with Gasteiger partial charge in [-0.15, -0.1) is 5.10 Å². The van der Waals surface area contributed by atoms with E-state index in [0.717, 1.165) is 5.92 Å². The fraction of sp³-hybridized carbons (Fsp3) is 0.857. The van der Waals surface area contributed by atoms with Crippen molar-refractivity contribution >= 4 is 6.01 Å². The van der Waals surface area contributed by atoms with Crippen LogP contribution < -0.4 is 10.6 Å². The second-order valence-electron chi connectivity index (χ2n) is 5.61. The highest BCUT2D eigenvalue weighted by Gasteiger charge is 2.22. The second-order valence-corrected chi connectivity index (χ2v) is 5.61. The zero-order valence-corrected chi connectivity index (χ0v) is 12.3. The summed E-state index contributed by atoms with van der Waals surface area (Å²) < 4.78 is 5.62. The molecule has 0 spiro atoms. The minimum Gasteiger partial charge on any atom is -0.406 e. The third-order valence-electron chi connectivity index (χ3n) is 4.12. The molecule has 0 aliphatic heterocycles. The van der Waals surface area contributed by atoms with Gasteiger partial charge in [0.2, 0.25) is 5.89 Å². The molecule has 2 N–H and O–H groups in total. The largest absolute Gasteiger partial charge is 0.406 e. The van der Waals surface area contributed by atoms with Crippen molar-refractivity contribution in [2.75, 3.05) is 12.4 Å². The summed E-state index contributed by atoms with van der Waals surface area (Å²) in [6.45, 7) is 4.28. The van der Waals surface area contributed by atoms with Crippen molar-refractivity contribution in [1.29, 1.82) is 0 Å². The zero-order valence-electron chi connectivity index (χ0n) is 12.3. The van der Waals surface area contributed by atoms with Crippen molar-refractivity contribution in [1.82, 2.24) is 15.5 Å². The van der Waals surface area contributed by atoms with Crippen LogP contribution in [-0.2, 0) is 0 Å². The first kappa shape index (κ1) is 14.3. The van der Waals surface area contributed by atoms with E-state index in [-0.39, 0.29) is 6.04 Å². The monoisotopic (exact) mass is 266 g/mol. The van der Waals surface area contributed by atoms with Gasteiger partial charge in [0.05, 0.1) is 6.04 Å². The Morgan fingerprint density at radius 3 is 2.63 bits per heavy atom. The molecule has 1 fully saturated rings. The third-order valence-corrected chi connectivity index (χ3v) is 4.12. The van der Waals surface area contributed by atoms with Crippen LogP contribution in [0.2, 0.25) is 0 Å². The summed E-state index contributed by atoms with van der Waals surface area (Å²) in [5.74, 6) is 1.57. The molecule has 0 radical (unpaired) electrons. The van der Waals surface area contributed by atoms with Crippen LogP contribution in [0.1, 0.15) is 64.3 Å². The van der Waals surface area contributed by atoms with E-state index in [9.17, 15) is 0 Å². The van der Waals surface area contributed by atoms with Gasteiger partial charge in [0.15, 0.2) is 0 Å². The summed E-state index contributed by atoms with van der Waals surface area (Å²) in [5.41, 5.74) is 0. The van der Waals surface area contributed by atoms with Crippen molar-refractivity contribution in [3.8, 4) is 0 Å². The molecule has 0 saturated heterocycles. The summed E-state index contributed by atoms with van der Waals surface area (Å²) >= 11 is 0. The van der Waals surface area contributed by atoms with Crippen molar-refractivity contribution in [3.05, 3.63) is 5.89 Å². The first-order valence-electron chi connectivity index (χ1n) is 7.50. The Morgan fingerprint density at radius 1 is 1.26 bits per heavy atom. The van der Waals surface area contributed by atoms with Crippen LogP contribution in [0.25, 0.3) is 0 Å². The second kappa shape index (κ2) is 6.89. The number of hydrogen-bond donors (Lipinski definition) is 2. The number of rotatable bonds is 6. The maximum absolute atomic E-state index is 5.62. The molecule has 1 saturated carbocycles. The minimum atomic E-state index is 0.100. The van der Waals surface area contributed by atoms with E-state index in [2.05, 4.69) is 27.8 Å². The highest BCUT2D eigenvalue weighted by molar-refractivity contribution is 5.20. The van der Waals surface area contributed by atoms with Crippen LogP contribution in [0.15, 0.2) is 4.42 Å². The van der Waals surface area contributed by atoms with Crippen LogP contribution >= 0.6 is 0 Å². The molecule has 108 valence electrons. The van der Waals surface area contributed by atoms with Crippen molar-refractivity contribution < 1.29 is 4.42 Å². The van der Waals surface area contributed by atoms with Gasteiger partial charge in [-0.25, -0.2) is 0 Å². The van der Waals surface area contributed by atoms with Crippen molar-refractivity contribution in [2.24, 2.45) is 5.92 Å². The molecule has 19 heavy (non-hydrogen) atoms. The molecule has 5 nitrogen and oxygen atoms in total. The third kappa shape index (κ3) is 3.93. The maximum atomic E-state index is 5.62. The average molecular weight is 266 g/mol. The van der Waals surface area contributed by atoms with Gasteiger partial charge >= 0.3 is 6.01 Å². The molecule has 1 aromatic rings.